The number of nitrogens with two attached hydrogens (primary N) is 1. The average molecular weight is 262 g/mol. The molecule has 0 spiro atoms. The number of rotatable bonds is 3. The van der Waals surface area contributed by atoms with Gasteiger partial charge in [-0.3, -0.25) is 4.79 Å². The van der Waals surface area contributed by atoms with Gasteiger partial charge in [0.25, 0.3) is 0 Å². The van der Waals surface area contributed by atoms with Crippen LogP contribution in [-0.4, -0.2) is 25.2 Å². The Morgan fingerprint density at radius 2 is 2.11 bits per heavy atom. The molecule has 2 rings (SSSR count). The SMILES string of the molecule is Cc1ccc(C(C)NC(=O)C2(C)COCC2N)cc1. The van der Waals surface area contributed by atoms with Gasteiger partial charge in [0.2, 0.25) is 5.91 Å². The summed E-state index contributed by atoms with van der Waals surface area (Å²) in [6, 6.07) is 7.89. The van der Waals surface area contributed by atoms with Crippen molar-refractivity contribution < 1.29 is 9.53 Å². The third-order valence-corrected chi connectivity index (χ3v) is 3.96. The van der Waals surface area contributed by atoms with Crippen LogP contribution in [0, 0.1) is 12.3 Å². The minimum atomic E-state index is -0.626. The Bertz CT molecular complexity index is 458. The summed E-state index contributed by atoms with van der Waals surface area (Å²) in [5.41, 5.74) is 7.64. The van der Waals surface area contributed by atoms with Crippen LogP contribution in [-0.2, 0) is 9.53 Å². The van der Waals surface area contributed by atoms with E-state index < -0.39 is 5.41 Å². The van der Waals surface area contributed by atoms with Gasteiger partial charge in [0, 0.05) is 6.04 Å². The summed E-state index contributed by atoms with van der Waals surface area (Å²) in [7, 11) is 0. The summed E-state index contributed by atoms with van der Waals surface area (Å²) in [6.07, 6.45) is 0. The highest BCUT2D eigenvalue weighted by Crippen LogP contribution is 2.28. The lowest BCUT2D eigenvalue weighted by atomic mass is 9.84. The van der Waals surface area contributed by atoms with Gasteiger partial charge in [-0.15, -0.1) is 0 Å². The molecule has 3 atom stereocenters. The largest absolute Gasteiger partial charge is 0.379 e. The molecule has 1 aromatic rings. The van der Waals surface area contributed by atoms with E-state index in [1.807, 2.05) is 45.0 Å². The molecule has 1 amide bonds. The summed E-state index contributed by atoms with van der Waals surface area (Å²) in [5.74, 6) is -0.0365. The van der Waals surface area contributed by atoms with Crippen molar-refractivity contribution in [2.24, 2.45) is 11.1 Å². The summed E-state index contributed by atoms with van der Waals surface area (Å²) in [4.78, 5) is 12.4. The smallest absolute Gasteiger partial charge is 0.230 e. The van der Waals surface area contributed by atoms with Crippen molar-refractivity contribution in [1.82, 2.24) is 5.32 Å². The molecule has 3 unspecified atom stereocenters. The van der Waals surface area contributed by atoms with Crippen LogP contribution in [0.5, 0.6) is 0 Å². The number of nitrogens with one attached hydrogen (secondary N) is 1. The zero-order valence-electron chi connectivity index (χ0n) is 11.8. The fraction of sp³-hybridized carbons (Fsp3) is 0.533. The number of hydrogen-bond donors (Lipinski definition) is 2. The third-order valence-electron chi connectivity index (χ3n) is 3.96. The molecule has 0 aromatic heterocycles. The molecule has 3 N–H and O–H groups in total. The molecule has 1 saturated heterocycles. The number of hydrogen-bond acceptors (Lipinski definition) is 3. The monoisotopic (exact) mass is 262 g/mol. The average Bonchev–Trinajstić information content (AvgIpc) is 2.71. The maximum Gasteiger partial charge on any atom is 0.230 e. The molecule has 1 heterocycles. The fourth-order valence-corrected chi connectivity index (χ4v) is 2.22. The van der Waals surface area contributed by atoms with Crippen LogP contribution in [0.15, 0.2) is 24.3 Å². The van der Waals surface area contributed by atoms with E-state index in [-0.39, 0.29) is 18.0 Å². The first-order valence-electron chi connectivity index (χ1n) is 6.64. The maximum atomic E-state index is 12.4. The van der Waals surface area contributed by atoms with Crippen molar-refractivity contribution in [3.8, 4) is 0 Å². The van der Waals surface area contributed by atoms with Gasteiger partial charge in [0.1, 0.15) is 0 Å². The Labute approximate surface area is 114 Å². The van der Waals surface area contributed by atoms with Gasteiger partial charge in [-0.05, 0) is 26.3 Å². The van der Waals surface area contributed by atoms with Gasteiger partial charge in [-0.25, -0.2) is 0 Å². The Morgan fingerprint density at radius 3 is 2.63 bits per heavy atom. The first kappa shape index (κ1) is 14.0. The molecule has 0 bridgehead atoms. The van der Waals surface area contributed by atoms with Gasteiger partial charge < -0.3 is 15.8 Å². The highest BCUT2D eigenvalue weighted by atomic mass is 16.5. The molecule has 1 aliphatic rings. The van der Waals surface area contributed by atoms with E-state index in [0.717, 1.165) is 5.56 Å². The van der Waals surface area contributed by atoms with E-state index in [1.165, 1.54) is 5.56 Å². The van der Waals surface area contributed by atoms with Gasteiger partial charge in [-0.2, -0.15) is 0 Å². The number of aryl methyl sites for hydroxylation is 1. The van der Waals surface area contributed by atoms with Gasteiger partial charge >= 0.3 is 0 Å². The third kappa shape index (κ3) is 2.80. The van der Waals surface area contributed by atoms with E-state index >= 15 is 0 Å². The molecule has 0 radical (unpaired) electrons. The normalized spacial score (nSPS) is 28.1. The minimum Gasteiger partial charge on any atom is -0.379 e. The van der Waals surface area contributed by atoms with E-state index in [2.05, 4.69) is 5.32 Å². The predicted molar refractivity (Wildman–Crippen MR) is 74.6 cm³/mol. The summed E-state index contributed by atoms with van der Waals surface area (Å²) in [5, 5.41) is 3.03. The molecule has 4 heteroatoms. The van der Waals surface area contributed by atoms with Crippen molar-refractivity contribution in [2.45, 2.75) is 32.9 Å². The number of carbonyl (C=O) groups is 1. The molecule has 0 aliphatic carbocycles. The van der Waals surface area contributed by atoms with E-state index in [1.54, 1.807) is 0 Å². The minimum absolute atomic E-state index is 0.0299. The molecule has 1 aromatic carbocycles. The Hall–Kier alpha value is -1.39. The van der Waals surface area contributed by atoms with Gasteiger partial charge in [0.05, 0.1) is 24.7 Å². The van der Waals surface area contributed by atoms with Crippen LogP contribution in [0.1, 0.15) is 31.0 Å². The number of ether oxygens (including phenoxy) is 1. The molecule has 104 valence electrons. The van der Waals surface area contributed by atoms with Gasteiger partial charge in [-0.1, -0.05) is 29.8 Å². The van der Waals surface area contributed by atoms with Crippen LogP contribution in [0.25, 0.3) is 0 Å². The first-order chi connectivity index (χ1) is 8.93. The first-order valence-corrected chi connectivity index (χ1v) is 6.64. The van der Waals surface area contributed by atoms with Crippen LogP contribution >= 0.6 is 0 Å². The molecule has 0 saturated carbocycles. The zero-order chi connectivity index (χ0) is 14.0. The second kappa shape index (κ2) is 5.31. The molecular weight excluding hydrogens is 240 g/mol. The van der Waals surface area contributed by atoms with Crippen LogP contribution in [0.4, 0.5) is 0 Å². The number of amides is 1. The summed E-state index contributed by atoms with van der Waals surface area (Å²) in [6.45, 7) is 6.72. The van der Waals surface area contributed by atoms with Crippen molar-refractivity contribution in [1.29, 1.82) is 0 Å². The van der Waals surface area contributed by atoms with Crippen LogP contribution in [0.2, 0.25) is 0 Å². The summed E-state index contributed by atoms with van der Waals surface area (Å²) >= 11 is 0. The Kier molecular flexibility index (Phi) is 3.92. The Morgan fingerprint density at radius 1 is 1.47 bits per heavy atom. The van der Waals surface area contributed by atoms with Crippen molar-refractivity contribution in [2.75, 3.05) is 13.2 Å². The molecular formula is C15H22N2O2. The standard InChI is InChI=1S/C15H22N2O2/c1-10-4-6-12(7-5-10)11(2)17-14(18)15(3)9-19-8-13(15)16/h4-7,11,13H,8-9,16H2,1-3H3,(H,17,18). The van der Waals surface area contributed by atoms with Crippen LogP contribution in [0.3, 0.4) is 0 Å². The summed E-state index contributed by atoms with van der Waals surface area (Å²) < 4.78 is 5.31. The topological polar surface area (TPSA) is 64.3 Å². The Balaban J connectivity index is 2.04. The van der Waals surface area contributed by atoms with Crippen molar-refractivity contribution in [3.63, 3.8) is 0 Å². The molecule has 19 heavy (non-hydrogen) atoms. The molecule has 1 fully saturated rings. The number of benzene rings is 1. The van der Waals surface area contributed by atoms with Crippen LogP contribution < -0.4 is 11.1 Å². The second-order valence-corrected chi connectivity index (χ2v) is 5.64. The van der Waals surface area contributed by atoms with Gasteiger partial charge in [0.15, 0.2) is 0 Å². The second-order valence-electron chi connectivity index (χ2n) is 5.64. The van der Waals surface area contributed by atoms with E-state index in [9.17, 15) is 4.79 Å². The van der Waals surface area contributed by atoms with Crippen molar-refractivity contribution >= 4 is 5.91 Å². The predicted octanol–water partition coefficient (Wildman–Crippen LogP) is 1.54. The highest BCUT2D eigenvalue weighted by molar-refractivity contribution is 5.84. The number of carbonyl (C=O) groups excluding carboxylic acids is 1. The lowest BCUT2D eigenvalue weighted by molar-refractivity contribution is -0.131. The van der Waals surface area contributed by atoms with E-state index in [0.29, 0.717) is 13.2 Å². The molecule has 4 nitrogen and oxygen atoms in total. The maximum absolute atomic E-state index is 12.4. The van der Waals surface area contributed by atoms with Crippen molar-refractivity contribution in [3.05, 3.63) is 35.4 Å². The molecule has 1 aliphatic heterocycles. The lowest BCUT2D eigenvalue weighted by Gasteiger charge is -2.27. The highest BCUT2D eigenvalue weighted by Gasteiger charge is 2.44. The fourth-order valence-electron chi connectivity index (χ4n) is 2.22. The lowest BCUT2D eigenvalue weighted by Crippen LogP contribution is -2.50. The quantitative estimate of drug-likeness (QED) is 0.868. The van der Waals surface area contributed by atoms with E-state index in [4.69, 9.17) is 10.5 Å². The zero-order valence-corrected chi connectivity index (χ0v) is 11.8.